The van der Waals surface area contributed by atoms with Gasteiger partial charge in [-0.2, -0.15) is 4.31 Å². The molecule has 6 nitrogen and oxygen atoms in total. The first-order valence-electron chi connectivity index (χ1n) is 7.68. The average Bonchev–Trinajstić information content (AvgIpc) is 2.97. The molecule has 124 valence electrons. The highest BCUT2D eigenvalue weighted by Gasteiger charge is 2.26. The number of sulfonamides is 1. The van der Waals surface area contributed by atoms with Gasteiger partial charge < -0.3 is 9.30 Å². The monoisotopic (exact) mass is 336 g/mol. The van der Waals surface area contributed by atoms with Gasteiger partial charge in [0.05, 0.1) is 12.0 Å². The molecule has 2 heterocycles. The summed E-state index contributed by atoms with van der Waals surface area (Å²) in [6.07, 6.45) is 4.65. The second-order valence-corrected chi connectivity index (χ2v) is 7.64. The summed E-state index contributed by atoms with van der Waals surface area (Å²) < 4.78 is 33.5. The van der Waals surface area contributed by atoms with Crippen LogP contribution in [0.1, 0.15) is 19.3 Å². The van der Waals surface area contributed by atoms with Crippen molar-refractivity contribution in [1.29, 1.82) is 0 Å². The van der Waals surface area contributed by atoms with Gasteiger partial charge in [-0.3, -0.25) is 4.79 Å². The molecule has 1 aromatic carbocycles. The number of hydrogen-bond donors (Lipinski definition) is 0. The van der Waals surface area contributed by atoms with Gasteiger partial charge in [-0.15, -0.1) is 0 Å². The highest BCUT2D eigenvalue weighted by molar-refractivity contribution is 7.89. The molecule has 0 unspecified atom stereocenters. The van der Waals surface area contributed by atoms with Crippen LogP contribution >= 0.6 is 0 Å². The Morgan fingerprint density at radius 2 is 1.91 bits per heavy atom. The topological polar surface area (TPSA) is 68.6 Å². The Morgan fingerprint density at radius 3 is 2.61 bits per heavy atom. The predicted octanol–water partition coefficient (Wildman–Crippen LogP) is 1.99. The van der Waals surface area contributed by atoms with E-state index >= 15 is 0 Å². The van der Waals surface area contributed by atoms with E-state index in [-0.39, 0.29) is 17.4 Å². The number of carbonyl (C=O) groups is 1. The Balaban J connectivity index is 1.98. The van der Waals surface area contributed by atoms with Gasteiger partial charge in [0, 0.05) is 24.8 Å². The molecule has 1 aliphatic rings. The lowest BCUT2D eigenvalue weighted by atomic mass is 10.2. The van der Waals surface area contributed by atoms with Gasteiger partial charge >= 0.3 is 5.97 Å². The largest absolute Gasteiger partial charge is 0.468 e. The van der Waals surface area contributed by atoms with Crippen LogP contribution in [0.25, 0.3) is 10.9 Å². The van der Waals surface area contributed by atoms with Crippen LogP contribution in [0.3, 0.4) is 0 Å². The molecule has 0 atom stereocenters. The molecule has 23 heavy (non-hydrogen) atoms. The Bertz CT molecular complexity index is 820. The quantitative estimate of drug-likeness (QED) is 0.801. The van der Waals surface area contributed by atoms with Gasteiger partial charge in [-0.05, 0) is 36.4 Å². The van der Waals surface area contributed by atoms with Crippen LogP contribution in [0.4, 0.5) is 0 Å². The first-order valence-corrected chi connectivity index (χ1v) is 9.12. The fourth-order valence-corrected chi connectivity index (χ4v) is 4.46. The molecule has 0 saturated carbocycles. The zero-order valence-electron chi connectivity index (χ0n) is 13.1. The van der Waals surface area contributed by atoms with Crippen molar-refractivity contribution >= 4 is 26.9 Å². The fraction of sp³-hybridized carbons (Fsp3) is 0.438. The van der Waals surface area contributed by atoms with E-state index in [2.05, 4.69) is 4.74 Å². The summed E-state index contributed by atoms with van der Waals surface area (Å²) in [4.78, 5) is 11.8. The molecule has 0 N–H and O–H groups in total. The molecule has 0 aliphatic carbocycles. The van der Waals surface area contributed by atoms with Gasteiger partial charge in [-0.25, -0.2) is 8.42 Å². The number of rotatable bonds is 4. The number of nitrogens with zero attached hydrogens (tertiary/aromatic N) is 2. The molecular weight excluding hydrogens is 316 g/mol. The second-order valence-electron chi connectivity index (χ2n) is 5.71. The molecule has 2 aromatic rings. The second kappa shape index (κ2) is 6.33. The third-order valence-electron chi connectivity index (χ3n) is 4.23. The van der Waals surface area contributed by atoms with Crippen molar-refractivity contribution in [2.45, 2.75) is 30.7 Å². The molecule has 0 amide bonds. The first kappa shape index (κ1) is 16.0. The normalized spacial score (nSPS) is 16.6. The van der Waals surface area contributed by atoms with Crippen molar-refractivity contribution in [2.75, 3.05) is 20.2 Å². The molecule has 0 spiro atoms. The van der Waals surface area contributed by atoms with Crippen molar-refractivity contribution in [3.8, 4) is 0 Å². The lowest BCUT2D eigenvalue weighted by Gasteiger charge is -2.25. The molecule has 1 aromatic heterocycles. The summed E-state index contributed by atoms with van der Waals surface area (Å²) in [7, 11) is -2.14. The maximum Gasteiger partial charge on any atom is 0.325 e. The summed E-state index contributed by atoms with van der Waals surface area (Å²) in [6.45, 7) is 1.21. The van der Waals surface area contributed by atoms with E-state index in [1.165, 1.54) is 7.11 Å². The van der Waals surface area contributed by atoms with Crippen molar-refractivity contribution in [1.82, 2.24) is 8.87 Å². The number of methoxy groups -OCH3 is 1. The SMILES string of the molecule is COC(=O)Cn1ccc2ccc(S(=O)(=O)N3CCCCC3)cc21. The highest BCUT2D eigenvalue weighted by Crippen LogP contribution is 2.25. The number of aromatic nitrogens is 1. The predicted molar refractivity (Wildman–Crippen MR) is 86.6 cm³/mol. The van der Waals surface area contributed by atoms with Crippen LogP contribution in [-0.4, -0.2) is 43.5 Å². The van der Waals surface area contributed by atoms with Crippen LogP contribution in [0.15, 0.2) is 35.4 Å². The molecule has 1 aliphatic heterocycles. The summed E-state index contributed by atoms with van der Waals surface area (Å²) in [5.41, 5.74) is 0.716. The third-order valence-corrected chi connectivity index (χ3v) is 6.12. The van der Waals surface area contributed by atoms with E-state index < -0.39 is 10.0 Å². The zero-order valence-corrected chi connectivity index (χ0v) is 13.9. The fourth-order valence-electron chi connectivity index (χ4n) is 2.92. The number of hydrogen-bond acceptors (Lipinski definition) is 4. The van der Waals surface area contributed by atoms with Gasteiger partial charge in [0.1, 0.15) is 6.54 Å². The van der Waals surface area contributed by atoms with E-state index in [9.17, 15) is 13.2 Å². The smallest absolute Gasteiger partial charge is 0.325 e. The van der Waals surface area contributed by atoms with Crippen molar-refractivity contribution in [2.24, 2.45) is 0 Å². The number of ether oxygens (including phenoxy) is 1. The van der Waals surface area contributed by atoms with E-state index in [0.717, 1.165) is 24.6 Å². The summed E-state index contributed by atoms with van der Waals surface area (Å²) >= 11 is 0. The Kier molecular flexibility index (Phi) is 4.41. The van der Waals surface area contributed by atoms with Crippen LogP contribution in [0, 0.1) is 0 Å². The lowest BCUT2D eigenvalue weighted by Crippen LogP contribution is -2.35. The van der Waals surface area contributed by atoms with Crippen molar-refractivity contribution in [3.05, 3.63) is 30.5 Å². The Hall–Kier alpha value is -1.86. The highest BCUT2D eigenvalue weighted by atomic mass is 32.2. The maximum absolute atomic E-state index is 12.8. The van der Waals surface area contributed by atoms with Crippen LogP contribution in [-0.2, 0) is 26.1 Å². The van der Waals surface area contributed by atoms with Gasteiger partial charge in [0.25, 0.3) is 0 Å². The van der Waals surface area contributed by atoms with Crippen molar-refractivity contribution < 1.29 is 17.9 Å². The number of benzene rings is 1. The molecule has 0 bridgehead atoms. The molecule has 7 heteroatoms. The lowest BCUT2D eigenvalue weighted by molar-refractivity contribution is -0.141. The summed E-state index contributed by atoms with van der Waals surface area (Å²) in [5.74, 6) is -0.369. The zero-order chi connectivity index (χ0) is 16.4. The van der Waals surface area contributed by atoms with Gasteiger partial charge in [0.15, 0.2) is 0 Å². The number of fused-ring (bicyclic) bond motifs is 1. The average molecular weight is 336 g/mol. The molecule has 1 fully saturated rings. The van der Waals surface area contributed by atoms with Gasteiger partial charge in [0.2, 0.25) is 10.0 Å². The summed E-state index contributed by atoms with van der Waals surface area (Å²) in [6, 6.07) is 6.91. The first-order chi connectivity index (χ1) is 11.0. The molecule has 0 radical (unpaired) electrons. The minimum absolute atomic E-state index is 0.0627. The number of piperidine rings is 1. The molecular formula is C16H20N2O4S. The third kappa shape index (κ3) is 3.11. The van der Waals surface area contributed by atoms with Gasteiger partial charge in [-0.1, -0.05) is 12.5 Å². The maximum atomic E-state index is 12.8. The Labute approximate surface area is 135 Å². The van der Waals surface area contributed by atoms with E-state index in [1.807, 2.05) is 6.07 Å². The van der Waals surface area contributed by atoms with Crippen LogP contribution in [0.5, 0.6) is 0 Å². The van der Waals surface area contributed by atoms with E-state index in [4.69, 9.17) is 0 Å². The van der Waals surface area contributed by atoms with E-state index in [1.54, 1.807) is 33.3 Å². The number of carbonyl (C=O) groups excluding carboxylic acids is 1. The van der Waals surface area contributed by atoms with Crippen molar-refractivity contribution in [3.63, 3.8) is 0 Å². The standard InChI is InChI=1S/C16H20N2O4S/c1-22-16(19)12-17-10-7-13-5-6-14(11-15(13)17)23(20,21)18-8-3-2-4-9-18/h5-7,10-11H,2-4,8-9,12H2,1H3. The van der Waals surface area contributed by atoms with Crippen LogP contribution in [0.2, 0.25) is 0 Å². The molecule has 1 saturated heterocycles. The molecule has 3 rings (SSSR count). The number of esters is 1. The minimum atomic E-state index is -3.48. The Morgan fingerprint density at radius 1 is 1.17 bits per heavy atom. The minimum Gasteiger partial charge on any atom is -0.468 e. The van der Waals surface area contributed by atoms with Crippen LogP contribution < -0.4 is 0 Å². The van der Waals surface area contributed by atoms with E-state index in [0.29, 0.717) is 18.6 Å². The summed E-state index contributed by atoms with van der Waals surface area (Å²) in [5, 5.41) is 0.895.